The Morgan fingerprint density at radius 3 is 2.89 bits per heavy atom. The van der Waals surface area contributed by atoms with Gasteiger partial charge in [0, 0.05) is 17.1 Å². The fourth-order valence-corrected chi connectivity index (χ4v) is 3.54. The summed E-state index contributed by atoms with van der Waals surface area (Å²) in [6.07, 6.45) is 9.80. The Morgan fingerprint density at radius 1 is 1.22 bits per heavy atom. The second-order valence-electron chi connectivity index (χ2n) is 6.95. The molecule has 1 amide bonds. The highest BCUT2D eigenvalue weighted by Crippen LogP contribution is 2.28. The molecule has 1 aliphatic rings. The van der Waals surface area contributed by atoms with E-state index < -0.39 is 5.54 Å². The number of fused-ring (bicyclic) bond motifs is 1. The van der Waals surface area contributed by atoms with Crippen molar-refractivity contribution in [2.24, 2.45) is 0 Å². The highest BCUT2D eigenvalue weighted by Gasteiger charge is 2.31. The number of para-hydroxylation sites is 1. The molecule has 1 aromatic carbocycles. The minimum atomic E-state index is -0.485. The predicted octanol–water partition coefficient (Wildman–Crippen LogP) is 2.70. The van der Waals surface area contributed by atoms with E-state index in [1.165, 1.54) is 17.4 Å². The third kappa shape index (κ3) is 4.14. The van der Waals surface area contributed by atoms with Gasteiger partial charge in [0.15, 0.2) is 0 Å². The lowest BCUT2D eigenvalue weighted by molar-refractivity contribution is -0.123. The highest BCUT2D eigenvalue weighted by atomic mass is 16.2. The van der Waals surface area contributed by atoms with Crippen molar-refractivity contribution >= 4 is 16.8 Å². The van der Waals surface area contributed by atoms with Gasteiger partial charge in [-0.05, 0) is 25.0 Å². The largest absolute Gasteiger partial charge is 0.338 e. The summed E-state index contributed by atoms with van der Waals surface area (Å²) in [6.45, 7) is 0.154. The number of benzene rings is 1. The van der Waals surface area contributed by atoms with Gasteiger partial charge in [-0.1, -0.05) is 49.3 Å². The second-order valence-corrected chi connectivity index (χ2v) is 6.95. The van der Waals surface area contributed by atoms with Crippen molar-refractivity contribution in [2.45, 2.75) is 44.2 Å². The number of nitrogens with one attached hydrogen (secondary N) is 1. The van der Waals surface area contributed by atoms with E-state index in [4.69, 9.17) is 0 Å². The van der Waals surface area contributed by atoms with Crippen LogP contribution in [0.25, 0.3) is 10.9 Å². The number of aromatic nitrogens is 4. The summed E-state index contributed by atoms with van der Waals surface area (Å²) in [5.41, 5.74) is 1.34. The summed E-state index contributed by atoms with van der Waals surface area (Å²) in [4.78, 5) is 20.8. The first kappa shape index (κ1) is 17.2. The van der Waals surface area contributed by atoms with Gasteiger partial charge in [-0.2, -0.15) is 5.10 Å². The molecule has 6 nitrogen and oxygen atoms in total. The highest BCUT2D eigenvalue weighted by molar-refractivity contribution is 5.79. The van der Waals surface area contributed by atoms with E-state index in [0.717, 1.165) is 42.1 Å². The van der Waals surface area contributed by atoms with Crippen molar-refractivity contribution in [2.75, 3.05) is 0 Å². The zero-order valence-electron chi connectivity index (χ0n) is 15.1. The lowest BCUT2D eigenvalue weighted by Gasteiger charge is -2.33. The molecular formula is C21H21N5O. The zero-order chi connectivity index (χ0) is 18.5. The number of hydrogen-bond acceptors (Lipinski definition) is 4. The molecule has 4 rings (SSSR count). The molecule has 2 heterocycles. The molecule has 0 atom stereocenters. The van der Waals surface area contributed by atoms with Gasteiger partial charge in [-0.15, -0.1) is 0 Å². The Bertz CT molecular complexity index is 994. The normalized spacial score (nSPS) is 15.7. The molecule has 0 radical (unpaired) electrons. The zero-order valence-corrected chi connectivity index (χ0v) is 15.1. The lowest BCUT2D eigenvalue weighted by atomic mass is 9.82. The van der Waals surface area contributed by atoms with Crippen LogP contribution in [-0.2, 0) is 11.3 Å². The Balaban J connectivity index is 1.56. The van der Waals surface area contributed by atoms with Gasteiger partial charge >= 0.3 is 0 Å². The minimum absolute atomic E-state index is 0.0895. The first-order chi connectivity index (χ1) is 13.2. The van der Waals surface area contributed by atoms with Crippen molar-refractivity contribution < 1.29 is 4.79 Å². The van der Waals surface area contributed by atoms with Crippen molar-refractivity contribution in [3.63, 3.8) is 0 Å². The molecule has 0 saturated heterocycles. The Kier molecular flexibility index (Phi) is 4.84. The summed E-state index contributed by atoms with van der Waals surface area (Å²) in [7, 11) is 0. The van der Waals surface area contributed by atoms with Crippen LogP contribution in [0.1, 0.15) is 37.7 Å². The maximum atomic E-state index is 12.5. The molecule has 0 bridgehead atoms. The number of carbonyl (C=O) groups is 1. The fourth-order valence-electron chi connectivity index (χ4n) is 3.54. The van der Waals surface area contributed by atoms with Crippen molar-refractivity contribution in [3.05, 3.63) is 54.7 Å². The molecule has 6 heteroatoms. The van der Waals surface area contributed by atoms with Crippen LogP contribution in [0, 0.1) is 11.8 Å². The van der Waals surface area contributed by atoms with Gasteiger partial charge in [0.1, 0.15) is 24.7 Å². The standard InChI is InChI=1S/C21H21N5O/c27-20(14-26-16-22-15-24-26)25-21(9-4-1-5-10-21)11-8-17-12-18-6-2-3-7-19(18)23-13-17/h2-3,6-7,12-13,15-16H,1,4-5,9-10,14H2,(H,25,27). The van der Waals surface area contributed by atoms with Crippen LogP contribution in [0.4, 0.5) is 0 Å². The van der Waals surface area contributed by atoms with Crippen LogP contribution in [-0.4, -0.2) is 31.2 Å². The van der Waals surface area contributed by atoms with Crippen molar-refractivity contribution in [1.82, 2.24) is 25.1 Å². The number of carbonyl (C=O) groups excluding carboxylic acids is 1. The number of pyridine rings is 1. The molecule has 1 saturated carbocycles. The summed E-state index contributed by atoms with van der Waals surface area (Å²) in [5.74, 6) is 6.52. The van der Waals surface area contributed by atoms with E-state index in [1.54, 1.807) is 12.5 Å². The molecule has 0 aliphatic heterocycles. The molecule has 136 valence electrons. The summed E-state index contributed by atoms with van der Waals surface area (Å²) in [5, 5.41) is 8.22. The maximum Gasteiger partial charge on any atom is 0.242 e. The van der Waals surface area contributed by atoms with Gasteiger partial charge in [-0.25, -0.2) is 9.67 Å². The fraction of sp³-hybridized carbons (Fsp3) is 0.333. The van der Waals surface area contributed by atoms with Crippen molar-refractivity contribution in [1.29, 1.82) is 0 Å². The van der Waals surface area contributed by atoms with E-state index >= 15 is 0 Å². The molecule has 1 fully saturated rings. The molecule has 27 heavy (non-hydrogen) atoms. The first-order valence-electron chi connectivity index (χ1n) is 9.24. The number of amides is 1. The van der Waals surface area contributed by atoms with E-state index in [0.29, 0.717) is 0 Å². The number of rotatable bonds is 3. The Labute approximate surface area is 158 Å². The van der Waals surface area contributed by atoms with Crippen LogP contribution in [0.3, 0.4) is 0 Å². The van der Waals surface area contributed by atoms with Crippen LogP contribution < -0.4 is 5.32 Å². The quantitative estimate of drug-likeness (QED) is 0.730. The van der Waals surface area contributed by atoms with Gasteiger partial charge in [0.2, 0.25) is 5.91 Å². The summed E-state index contributed by atoms with van der Waals surface area (Å²) in [6, 6.07) is 10.0. The average Bonchev–Trinajstić information content (AvgIpc) is 3.20. The van der Waals surface area contributed by atoms with E-state index in [9.17, 15) is 4.79 Å². The summed E-state index contributed by atoms with van der Waals surface area (Å²) >= 11 is 0. The van der Waals surface area contributed by atoms with Crippen molar-refractivity contribution in [3.8, 4) is 11.8 Å². The topological polar surface area (TPSA) is 72.7 Å². The molecule has 1 N–H and O–H groups in total. The smallest absolute Gasteiger partial charge is 0.242 e. The minimum Gasteiger partial charge on any atom is -0.338 e. The lowest BCUT2D eigenvalue weighted by Crippen LogP contribution is -2.49. The van der Waals surface area contributed by atoms with E-state index in [2.05, 4.69) is 32.2 Å². The third-order valence-electron chi connectivity index (χ3n) is 4.89. The SMILES string of the molecule is O=C(Cn1cncn1)NC1(C#Cc2cnc3ccccc3c2)CCCCC1. The van der Waals surface area contributed by atoms with Crippen LogP contribution >= 0.6 is 0 Å². The van der Waals surface area contributed by atoms with Crippen LogP contribution in [0.15, 0.2) is 49.2 Å². The predicted molar refractivity (Wildman–Crippen MR) is 103 cm³/mol. The van der Waals surface area contributed by atoms with E-state index in [-0.39, 0.29) is 12.5 Å². The molecule has 2 aromatic heterocycles. The van der Waals surface area contributed by atoms with E-state index in [1.807, 2.05) is 30.3 Å². The Morgan fingerprint density at radius 2 is 2.07 bits per heavy atom. The molecule has 1 aliphatic carbocycles. The molecular weight excluding hydrogens is 338 g/mol. The van der Waals surface area contributed by atoms with Gasteiger partial charge < -0.3 is 5.32 Å². The van der Waals surface area contributed by atoms with Crippen LogP contribution in [0.5, 0.6) is 0 Å². The maximum absolute atomic E-state index is 12.5. The third-order valence-corrected chi connectivity index (χ3v) is 4.89. The van der Waals surface area contributed by atoms with Crippen LogP contribution in [0.2, 0.25) is 0 Å². The second kappa shape index (κ2) is 7.58. The van der Waals surface area contributed by atoms with Gasteiger partial charge in [-0.3, -0.25) is 9.78 Å². The molecule has 0 spiro atoms. The number of hydrogen-bond donors (Lipinski definition) is 1. The average molecular weight is 359 g/mol. The van der Waals surface area contributed by atoms with Gasteiger partial charge in [0.05, 0.1) is 5.52 Å². The Hall–Kier alpha value is -3.20. The van der Waals surface area contributed by atoms with Gasteiger partial charge in [0.25, 0.3) is 0 Å². The summed E-state index contributed by atoms with van der Waals surface area (Å²) < 4.78 is 1.52. The molecule has 3 aromatic rings. The monoisotopic (exact) mass is 359 g/mol. The first-order valence-corrected chi connectivity index (χ1v) is 9.24. The number of nitrogens with zero attached hydrogens (tertiary/aromatic N) is 4. The molecule has 0 unspecified atom stereocenters.